The summed E-state index contributed by atoms with van der Waals surface area (Å²) < 4.78 is 12.1. The van der Waals surface area contributed by atoms with Crippen molar-refractivity contribution in [1.29, 1.82) is 0 Å². The third-order valence-electron chi connectivity index (χ3n) is 2.66. The maximum absolute atomic E-state index is 11.7. The van der Waals surface area contributed by atoms with Gasteiger partial charge in [0.2, 0.25) is 11.7 Å². The minimum absolute atomic E-state index is 0.181. The fourth-order valence-corrected chi connectivity index (χ4v) is 3.10. The Hall–Kier alpha value is -1.14. The van der Waals surface area contributed by atoms with E-state index in [0.29, 0.717) is 18.0 Å². The van der Waals surface area contributed by atoms with Crippen LogP contribution in [-0.4, -0.2) is 18.1 Å². The maximum atomic E-state index is 11.7. The number of ether oxygens (including phenoxy) is 1. The van der Waals surface area contributed by atoms with Gasteiger partial charge in [-0.05, 0) is 24.6 Å². The first-order valence-corrected chi connectivity index (χ1v) is 7.68. The van der Waals surface area contributed by atoms with Crippen LogP contribution in [0.5, 0.6) is 0 Å². The molecule has 6 heteroatoms. The van der Waals surface area contributed by atoms with Crippen molar-refractivity contribution in [3.05, 3.63) is 38.6 Å². The molecule has 0 fully saturated rings. The zero-order valence-corrected chi connectivity index (χ0v) is 14.2. The average Bonchev–Trinajstić information content (AvgIpc) is 2.81. The summed E-state index contributed by atoms with van der Waals surface area (Å²) in [4.78, 5) is 16.1. The molecule has 1 heterocycles. The van der Waals surface area contributed by atoms with E-state index in [0.717, 1.165) is 20.9 Å². The summed E-state index contributed by atoms with van der Waals surface area (Å²) >= 11 is 6.84. The standard InChI is InChI=1S/C14H13Br2NO3/c1-3-4-11-12(14(18)19-2)20-13(17-11)8-5-9(15)7-10(16)6-8/h5-7H,3-4H2,1-2H3. The number of nitrogens with zero attached hydrogens (tertiary/aromatic N) is 1. The van der Waals surface area contributed by atoms with Gasteiger partial charge in [-0.2, -0.15) is 0 Å². The van der Waals surface area contributed by atoms with Crippen LogP contribution in [0.1, 0.15) is 29.6 Å². The lowest BCUT2D eigenvalue weighted by Gasteiger charge is -1.98. The second kappa shape index (κ2) is 6.54. The second-order valence-electron chi connectivity index (χ2n) is 4.19. The van der Waals surface area contributed by atoms with E-state index in [1.54, 1.807) is 0 Å². The van der Waals surface area contributed by atoms with Crippen LogP contribution in [0.2, 0.25) is 0 Å². The van der Waals surface area contributed by atoms with Gasteiger partial charge in [0.15, 0.2) is 0 Å². The van der Waals surface area contributed by atoms with Gasteiger partial charge in [0.05, 0.1) is 12.8 Å². The summed E-state index contributed by atoms with van der Waals surface area (Å²) in [6.07, 6.45) is 1.54. The van der Waals surface area contributed by atoms with Crippen molar-refractivity contribution >= 4 is 37.8 Å². The number of methoxy groups -OCH3 is 1. The van der Waals surface area contributed by atoms with Crippen molar-refractivity contribution in [2.75, 3.05) is 7.11 Å². The van der Waals surface area contributed by atoms with Crippen LogP contribution in [0.3, 0.4) is 0 Å². The molecule has 0 atom stereocenters. The lowest BCUT2D eigenvalue weighted by molar-refractivity contribution is 0.0564. The molecule has 0 aliphatic carbocycles. The normalized spacial score (nSPS) is 10.6. The molecule has 0 saturated heterocycles. The Morgan fingerprint density at radius 3 is 2.50 bits per heavy atom. The van der Waals surface area contributed by atoms with Crippen LogP contribution in [0.4, 0.5) is 0 Å². The van der Waals surface area contributed by atoms with Crippen molar-refractivity contribution in [3.8, 4) is 11.5 Å². The van der Waals surface area contributed by atoms with E-state index >= 15 is 0 Å². The Morgan fingerprint density at radius 2 is 1.95 bits per heavy atom. The second-order valence-corrected chi connectivity index (χ2v) is 6.03. The van der Waals surface area contributed by atoms with Crippen molar-refractivity contribution < 1.29 is 13.9 Å². The van der Waals surface area contributed by atoms with E-state index in [9.17, 15) is 4.79 Å². The number of rotatable bonds is 4. The van der Waals surface area contributed by atoms with Crippen molar-refractivity contribution in [2.24, 2.45) is 0 Å². The first-order chi connectivity index (χ1) is 9.55. The van der Waals surface area contributed by atoms with Crippen LogP contribution in [0.25, 0.3) is 11.5 Å². The van der Waals surface area contributed by atoms with E-state index in [1.807, 2.05) is 25.1 Å². The SMILES string of the molecule is CCCc1nc(-c2cc(Br)cc(Br)c2)oc1C(=O)OC. The molecule has 0 aliphatic rings. The molecule has 2 rings (SSSR count). The quantitative estimate of drug-likeness (QED) is 0.701. The molecular formula is C14H13Br2NO3. The van der Waals surface area contributed by atoms with Gasteiger partial charge in [-0.3, -0.25) is 0 Å². The Kier molecular flexibility index (Phi) is 4.99. The lowest BCUT2D eigenvalue weighted by Crippen LogP contribution is -2.03. The molecule has 0 spiro atoms. The summed E-state index contributed by atoms with van der Waals surface area (Å²) in [6, 6.07) is 5.68. The van der Waals surface area contributed by atoms with E-state index in [4.69, 9.17) is 9.15 Å². The van der Waals surface area contributed by atoms with E-state index < -0.39 is 5.97 Å². The zero-order chi connectivity index (χ0) is 14.7. The van der Waals surface area contributed by atoms with Crippen LogP contribution in [0, 0.1) is 0 Å². The fraction of sp³-hybridized carbons (Fsp3) is 0.286. The minimum Gasteiger partial charge on any atom is -0.463 e. The van der Waals surface area contributed by atoms with Crippen LogP contribution in [0.15, 0.2) is 31.6 Å². The molecule has 0 N–H and O–H groups in total. The van der Waals surface area contributed by atoms with Gasteiger partial charge in [-0.15, -0.1) is 0 Å². The van der Waals surface area contributed by atoms with Crippen molar-refractivity contribution in [3.63, 3.8) is 0 Å². The topological polar surface area (TPSA) is 52.3 Å². The first kappa shape index (κ1) is 15.3. The van der Waals surface area contributed by atoms with Crippen molar-refractivity contribution in [2.45, 2.75) is 19.8 Å². The summed E-state index contributed by atoms with van der Waals surface area (Å²) in [6.45, 7) is 2.02. The average molecular weight is 403 g/mol. The largest absolute Gasteiger partial charge is 0.463 e. The number of carbonyl (C=O) groups is 1. The zero-order valence-electron chi connectivity index (χ0n) is 11.1. The first-order valence-electron chi connectivity index (χ1n) is 6.09. The van der Waals surface area contributed by atoms with Gasteiger partial charge in [0, 0.05) is 14.5 Å². The highest BCUT2D eigenvalue weighted by Crippen LogP contribution is 2.29. The number of hydrogen-bond donors (Lipinski definition) is 0. The van der Waals surface area contributed by atoms with E-state index in [1.165, 1.54) is 7.11 Å². The number of esters is 1. The highest BCUT2D eigenvalue weighted by molar-refractivity contribution is 9.11. The predicted octanol–water partition coefficient (Wildman–Crippen LogP) is 4.61. The third-order valence-corrected chi connectivity index (χ3v) is 3.58. The van der Waals surface area contributed by atoms with Crippen LogP contribution >= 0.6 is 31.9 Å². The summed E-state index contributed by atoms with van der Waals surface area (Å²) in [7, 11) is 1.33. The molecule has 4 nitrogen and oxygen atoms in total. The molecule has 1 aromatic heterocycles. The molecular weight excluding hydrogens is 390 g/mol. The highest BCUT2D eigenvalue weighted by Gasteiger charge is 2.21. The van der Waals surface area contributed by atoms with Gasteiger partial charge in [0.25, 0.3) is 0 Å². The van der Waals surface area contributed by atoms with Gasteiger partial charge in [-0.25, -0.2) is 9.78 Å². The molecule has 0 unspecified atom stereocenters. The van der Waals surface area contributed by atoms with Gasteiger partial charge in [-0.1, -0.05) is 45.2 Å². The number of halogens is 2. The monoisotopic (exact) mass is 401 g/mol. The third kappa shape index (κ3) is 3.30. The molecule has 0 aliphatic heterocycles. The van der Waals surface area contributed by atoms with Gasteiger partial charge in [0.1, 0.15) is 0 Å². The Morgan fingerprint density at radius 1 is 1.30 bits per heavy atom. The number of aromatic nitrogens is 1. The Balaban J connectivity index is 2.49. The highest BCUT2D eigenvalue weighted by atomic mass is 79.9. The number of aryl methyl sites for hydroxylation is 1. The van der Waals surface area contributed by atoms with Gasteiger partial charge < -0.3 is 9.15 Å². The molecule has 2 aromatic rings. The number of oxazole rings is 1. The fourth-order valence-electron chi connectivity index (χ4n) is 1.81. The molecule has 0 bridgehead atoms. The van der Waals surface area contributed by atoms with Gasteiger partial charge >= 0.3 is 5.97 Å². The maximum Gasteiger partial charge on any atom is 0.376 e. The molecule has 0 radical (unpaired) electrons. The molecule has 106 valence electrons. The molecule has 0 saturated carbocycles. The molecule has 20 heavy (non-hydrogen) atoms. The Labute approximate surface area is 133 Å². The smallest absolute Gasteiger partial charge is 0.376 e. The van der Waals surface area contributed by atoms with Crippen molar-refractivity contribution in [1.82, 2.24) is 4.98 Å². The number of carbonyl (C=O) groups excluding carboxylic acids is 1. The van der Waals surface area contributed by atoms with E-state index in [2.05, 4.69) is 36.8 Å². The summed E-state index contributed by atoms with van der Waals surface area (Å²) in [5.74, 6) is 0.0950. The summed E-state index contributed by atoms with van der Waals surface area (Å²) in [5.41, 5.74) is 1.42. The lowest BCUT2D eigenvalue weighted by atomic mass is 10.2. The predicted molar refractivity (Wildman–Crippen MR) is 82.7 cm³/mol. The number of benzene rings is 1. The van der Waals surface area contributed by atoms with Crippen LogP contribution < -0.4 is 0 Å². The minimum atomic E-state index is -0.499. The van der Waals surface area contributed by atoms with E-state index in [-0.39, 0.29) is 5.76 Å². The summed E-state index contributed by atoms with van der Waals surface area (Å²) in [5, 5.41) is 0. The molecule has 0 amide bonds. The number of hydrogen-bond acceptors (Lipinski definition) is 4. The molecule has 1 aromatic carbocycles. The van der Waals surface area contributed by atoms with Crippen LogP contribution in [-0.2, 0) is 11.2 Å². The Bertz CT molecular complexity index is 617.